The lowest BCUT2D eigenvalue weighted by atomic mass is 9.73. The summed E-state index contributed by atoms with van der Waals surface area (Å²) in [5.74, 6) is 2.10. The van der Waals surface area contributed by atoms with E-state index in [2.05, 4.69) is 19.8 Å². The van der Waals surface area contributed by atoms with Crippen molar-refractivity contribution >= 4 is 16.9 Å². The van der Waals surface area contributed by atoms with E-state index in [9.17, 15) is 4.79 Å². The molecule has 3 saturated heterocycles. The number of furan rings is 1. The molecule has 1 N–H and O–H groups in total. The molecule has 1 spiro atoms. The van der Waals surface area contributed by atoms with Gasteiger partial charge in [-0.25, -0.2) is 4.98 Å². The van der Waals surface area contributed by atoms with Gasteiger partial charge in [0.05, 0.1) is 18.2 Å². The predicted molar refractivity (Wildman–Crippen MR) is 111 cm³/mol. The second-order valence-electron chi connectivity index (χ2n) is 9.01. The average molecular weight is 406 g/mol. The number of carbonyl (C=O) groups is 1. The zero-order valence-electron chi connectivity index (χ0n) is 17.1. The number of benzene rings is 1. The van der Waals surface area contributed by atoms with Crippen molar-refractivity contribution in [2.75, 3.05) is 19.6 Å². The van der Waals surface area contributed by atoms with Gasteiger partial charge in [0.25, 0.3) is 5.91 Å². The second-order valence-corrected chi connectivity index (χ2v) is 9.01. The summed E-state index contributed by atoms with van der Waals surface area (Å²) in [4.78, 5) is 19.7. The third kappa shape index (κ3) is 2.80. The molecule has 0 radical (unpaired) electrons. The zero-order valence-corrected chi connectivity index (χ0v) is 17.1. The highest BCUT2D eigenvalue weighted by Crippen LogP contribution is 2.54. The lowest BCUT2D eigenvalue weighted by Gasteiger charge is -2.29. The fourth-order valence-corrected chi connectivity index (χ4v) is 5.82. The van der Waals surface area contributed by atoms with Gasteiger partial charge in [0, 0.05) is 56.3 Å². The van der Waals surface area contributed by atoms with E-state index < -0.39 is 0 Å². The number of carbonyl (C=O) groups excluding carboxylic acids is 1. The fourth-order valence-electron chi connectivity index (χ4n) is 5.82. The largest absolute Gasteiger partial charge is 0.451 e. The summed E-state index contributed by atoms with van der Waals surface area (Å²) >= 11 is 0. The van der Waals surface area contributed by atoms with Crippen molar-refractivity contribution in [1.29, 1.82) is 0 Å². The van der Waals surface area contributed by atoms with E-state index in [0.717, 1.165) is 49.3 Å². The molecule has 0 aliphatic carbocycles. The molecule has 30 heavy (non-hydrogen) atoms. The molecule has 1 aromatic carbocycles. The smallest absolute Gasteiger partial charge is 0.287 e. The summed E-state index contributed by atoms with van der Waals surface area (Å²) in [7, 11) is 2.04. The van der Waals surface area contributed by atoms with E-state index in [1.165, 1.54) is 0 Å². The molecule has 3 aliphatic rings. The van der Waals surface area contributed by atoms with Crippen LogP contribution in [0.15, 0.2) is 47.1 Å². The number of para-hydroxylation sites is 1. The molecule has 2 aromatic heterocycles. The Morgan fingerprint density at radius 1 is 1.37 bits per heavy atom. The SMILES string of the molecule is Cn1ccnc1CN1C[C@@H]2[C@H](CNC(=O)c3cc4ccccc4o3)[C@H]3CC[C@]2(C1)O3. The van der Waals surface area contributed by atoms with Crippen molar-refractivity contribution in [3.8, 4) is 0 Å². The molecular formula is C23H26N4O3. The van der Waals surface area contributed by atoms with Crippen LogP contribution in [0.4, 0.5) is 0 Å². The summed E-state index contributed by atoms with van der Waals surface area (Å²) in [6.07, 6.45) is 6.29. The number of hydrogen-bond donors (Lipinski definition) is 1. The standard InChI is InChI=1S/C23H26N4O3/c1-26-9-8-24-21(26)13-27-12-17-16(19-6-7-23(17,14-27)30-19)11-25-22(28)20-10-15-4-2-3-5-18(15)29-20/h2-5,8-10,16-17,19H,6-7,11-14H2,1H3,(H,25,28)/t16-,17+,19+,23+/m0/s1. The van der Waals surface area contributed by atoms with Gasteiger partial charge in [-0.05, 0) is 25.0 Å². The molecule has 3 aromatic rings. The van der Waals surface area contributed by atoms with Gasteiger partial charge in [-0.1, -0.05) is 18.2 Å². The van der Waals surface area contributed by atoms with Crippen LogP contribution >= 0.6 is 0 Å². The average Bonchev–Trinajstić information content (AvgIpc) is 3.53. The number of aryl methyl sites for hydroxylation is 1. The minimum atomic E-state index is -0.147. The Labute approximate surface area is 175 Å². The Hall–Kier alpha value is -2.64. The van der Waals surface area contributed by atoms with Gasteiger partial charge in [-0.15, -0.1) is 0 Å². The molecule has 6 rings (SSSR count). The molecule has 2 bridgehead atoms. The van der Waals surface area contributed by atoms with E-state index in [4.69, 9.17) is 9.15 Å². The van der Waals surface area contributed by atoms with E-state index in [1.54, 1.807) is 0 Å². The first-order valence-electron chi connectivity index (χ1n) is 10.7. The number of imidazole rings is 1. The third-order valence-electron chi connectivity index (χ3n) is 7.29. The van der Waals surface area contributed by atoms with Crippen LogP contribution in [0.5, 0.6) is 0 Å². The Kier molecular flexibility index (Phi) is 4.05. The summed E-state index contributed by atoms with van der Waals surface area (Å²) in [5, 5.41) is 4.07. The molecule has 5 heterocycles. The predicted octanol–water partition coefficient (Wildman–Crippen LogP) is 2.58. The molecule has 7 nitrogen and oxygen atoms in total. The lowest BCUT2D eigenvalue weighted by molar-refractivity contribution is 0.00187. The topological polar surface area (TPSA) is 72.5 Å². The van der Waals surface area contributed by atoms with Crippen molar-refractivity contribution in [2.45, 2.75) is 31.1 Å². The van der Waals surface area contributed by atoms with Gasteiger partial charge in [0.2, 0.25) is 0 Å². The van der Waals surface area contributed by atoms with Crippen LogP contribution in [-0.4, -0.2) is 51.7 Å². The highest BCUT2D eigenvalue weighted by atomic mass is 16.5. The highest BCUT2D eigenvalue weighted by Gasteiger charge is 2.62. The quantitative estimate of drug-likeness (QED) is 0.705. The lowest BCUT2D eigenvalue weighted by Crippen LogP contribution is -2.41. The van der Waals surface area contributed by atoms with E-state index >= 15 is 0 Å². The summed E-state index contributed by atoms with van der Waals surface area (Å²) in [6, 6.07) is 9.51. The molecule has 3 fully saturated rings. The molecule has 0 saturated carbocycles. The molecule has 0 unspecified atom stereocenters. The molecule has 4 atom stereocenters. The van der Waals surface area contributed by atoms with Gasteiger partial charge in [0.15, 0.2) is 5.76 Å². The summed E-state index contributed by atoms with van der Waals surface area (Å²) in [5.41, 5.74) is 0.690. The van der Waals surface area contributed by atoms with Crippen LogP contribution in [0.25, 0.3) is 11.0 Å². The maximum absolute atomic E-state index is 12.7. The first-order chi connectivity index (χ1) is 14.6. The molecule has 1 amide bonds. The Balaban J connectivity index is 1.14. The number of amides is 1. The summed E-state index contributed by atoms with van der Waals surface area (Å²) in [6.45, 7) is 3.42. The first kappa shape index (κ1) is 18.2. The van der Waals surface area contributed by atoms with Gasteiger partial charge >= 0.3 is 0 Å². The highest BCUT2D eigenvalue weighted by molar-refractivity contribution is 5.96. The van der Waals surface area contributed by atoms with Crippen molar-refractivity contribution < 1.29 is 13.9 Å². The molecule has 156 valence electrons. The van der Waals surface area contributed by atoms with Gasteiger partial charge in [0.1, 0.15) is 11.4 Å². The Morgan fingerprint density at radius 2 is 2.27 bits per heavy atom. The normalized spacial score (nSPS) is 30.2. The van der Waals surface area contributed by atoms with Crippen LogP contribution in [0.2, 0.25) is 0 Å². The maximum Gasteiger partial charge on any atom is 0.287 e. The second kappa shape index (κ2) is 6.68. The van der Waals surface area contributed by atoms with Crippen molar-refractivity contribution in [3.05, 3.63) is 54.3 Å². The van der Waals surface area contributed by atoms with Gasteiger partial charge in [-0.2, -0.15) is 0 Å². The minimum Gasteiger partial charge on any atom is -0.451 e. The van der Waals surface area contributed by atoms with Crippen LogP contribution in [-0.2, 0) is 18.3 Å². The van der Waals surface area contributed by atoms with E-state index in [-0.39, 0.29) is 17.6 Å². The van der Waals surface area contributed by atoms with Crippen molar-refractivity contribution in [2.24, 2.45) is 18.9 Å². The zero-order chi connectivity index (χ0) is 20.3. The number of rotatable bonds is 5. The molecular weight excluding hydrogens is 380 g/mol. The van der Waals surface area contributed by atoms with Crippen LogP contribution in [0.3, 0.4) is 0 Å². The van der Waals surface area contributed by atoms with Crippen molar-refractivity contribution in [3.63, 3.8) is 0 Å². The van der Waals surface area contributed by atoms with Crippen LogP contribution < -0.4 is 5.32 Å². The van der Waals surface area contributed by atoms with Gasteiger partial charge < -0.3 is 19.0 Å². The Bertz CT molecular complexity index is 1070. The number of aromatic nitrogens is 2. The number of hydrogen-bond acceptors (Lipinski definition) is 5. The number of likely N-dealkylation sites (tertiary alicyclic amines) is 1. The van der Waals surface area contributed by atoms with Gasteiger partial charge in [-0.3, -0.25) is 9.69 Å². The summed E-state index contributed by atoms with van der Waals surface area (Å²) < 4.78 is 14.3. The monoisotopic (exact) mass is 406 g/mol. The first-order valence-corrected chi connectivity index (χ1v) is 10.7. The minimum absolute atomic E-state index is 0.0510. The van der Waals surface area contributed by atoms with E-state index in [0.29, 0.717) is 24.1 Å². The number of fused-ring (bicyclic) bond motifs is 2. The molecule has 3 aliphatic heterocycles. The van der Waals surface area contributed by atoms with Crippen molar-refractivity contribution in [1.82, 2.24) is 19.8 Å². The molecule has 7 heteroatoms. The third-order valence-corrected chi connectivity index (χ3v) is 7.29. The van der Waals surface area contributed by atoms with E-state index in [1.807, 2.05) is 49.8 Å². The van der Waals surface area contributed by atoms with Crippen LogP contribution in [0.1, 0.15) is 29.2 Å². The number of nitrogens with zero attached hydrogens (tertiary/aromatic N) is 3. The number of nitrogens with one attached hydrogen (secondary N) is 1. The maximum atomic E-state index is 12.7. The fraction of sp³-hybridized carbons (Fsp3) is 0.478. The Morgan fingerprint density at radius 3 is 3.10 bits per heavy atom. The van der Waals surface area contributed by atoms with Crippen LogP contribution in [0, 0.1) is 11.8 Å². The number of ether oxygens (including phenoxy) is 1.